The number of halogens is 1. The molecule has 0 fully saturated rings. The summed E-state index contributed by atoms with van der Waals surface area (Å²) in [6, 6.07) is 13.0. The van der Waals surface area contributed by atoms with E-state index < -0.39 is 28.4 Å². The molecule has 1 amide bonds. The fourth-order valence-corrected chi connectivity index (χ4v) is 3.33. The van der Waals surface area contributed by atoms with Crippen LogP contribution in [0.4, 0.5) is 5.69 Å². The van der Waals surface area contributed by atoms with Gasteiger partial charge in [0.05, 0.1) is 25.0 Å². The Morgan fingerprint density at radius 2 is 1.86 bits per heavy atom. The highest BCUT2D eigenvalue weighted by molar-refractivity contribution is 7.88. The van der Waals surface area contributed by atoms with E-state index in [1.54, 1.807) is 49.4 Å². The van der Waals surface area contributed by atoms with Crippen LogP contribution in [0.1, 0.15) is 22.8 Å². The second kappa shape index (κ2) is 9.68. The lowest BCUT2D eigenvalue weighted by atomic mass is 10.2. The van der Waals surface area contributed by atoms with Crippen LogP contribution < -0.4 is 5.32 Å². The molecule has 0 spiro atoms. The van der Waals surface area contributed by atoms with Gasteiger partial charge in [0.25, 0.3) is 0 Å². The van der Waals surface area contributed by atoms with Crippen molar-refractivity contribution in [1.29, 1.82) is 0 Å². The Balaban J connectivity index is 2.11. The normalized spacial score (nSPS) is 11.3. The van der Waals surface area contributed by atoms with Gasteiger partial charge < -0.3 is 10.1 Å². The zero-order chi connectivity index (χ0) is 20.7. The smallest absolute Gasteiger partial charge is 0.338 e. The number of amides is 1. The van der Waals surface area contributed by atoms with Gasteiger partial charge in [0.1, 0.15) is 0 Å². The summed E-state index contributed by atoms with van der Waals surface area (Å²) in [5, 5.41) is 3.01. The van der Waals surface area contributed by atoms with Crippen LogP contribution in [0.3, 0.4) is 0 Å². The Morgan fingerprint density at radius 1 is 1.14 bits per heavy atom. The van der Waals surface area contributed by atoms with Crippen molar-refractivity contribution in [2.24, 2.45) is 0 Å². The number of carbonyl (C=O) groups is 2. The largest absolute Gasteiger partial charge is 0.462 e. The molecule has 0 aliphatic rings. The van der Waals surface area contributed by atoms with Gasteiger partial charge in [-0.15, -0.1) is 0 Å². The minimum Gasteiger partial charge on any atom is -0.462 e. The Hall–Kier alpha value is -2.42. The molecule has 0 unspecified atom stereocenters. The van der Waals surface area contributed by atoms with Gasteiger partial charge in [0.2, 0.25) is 15.9 Å². The monoisotopic (exact) mass is 424 g/mol. The molecule has 2 aromatic rings. The van der Waals surface area contributed by atoms with E-state index in [0.29, 0.717) is 16.3 Å². The van der Waals surface area contributed by atoms with E-state index in [4.69, 9.17) is 16.3 Å². The molecule has 1 N–H and O–H groups in total. The Kier molecular flexibility index (Phi) is 7.56. The molecule has 0 atom stereocenters. The van der Waals surface area contributed by atoms with Crippen molar-refractivity contribution in [2.75, 3.05) is 24.7 Å². The zero-order valence-electron chi connectivity index (χ0n) is 15.5. The summed E-state index contributed by atoms with van der Waals surface area (Å²) in [7, 11) is -3.66. The van der Waals surface area contributed by atoms with Gasteiger partial charge in [-0.25, -0.2) is 13.2 Å². The predicted octanol–water partition coefficient (Wildman–Crippen LogP) is 2.92. The highest BCUT2D eigenvalue weighted by Crippen LogP contribution is 2.18. The first-order chi connectivity index (χ1) is 13.2. The van der Waals surface area contributed by atoms with Gasteiger partial charge >= 0.3 is 5.97 Å². The second-order valence-corrected chi connectivity index (χ2v) is 8.36. The second-order valence-electron chi connectivity index (χ2n) is 5.97. The molecule has 0 aliphatic carbocycles. The van der Waals surface area contributed by atoms with Gasteiger partial charge in [-0.05, 0) is 36.8 Å². The van der Waals surface area contributed by atoms with Gasteiger partial charge in [0, 0.05) is 17.3 Å². The topological polar surface area (TPSA) is 92.8 Å². The predicted molar refractivity (Wildman–Crippen MR) is 108 cm³/mol. The SMILES string of the molecule is CCOC(=O)c1cccc(NC(=O)CN(Cc2ccccc2Cl)S(C)(=O)=O)c1. The third-order valence-corrected chi connectivity index (χ3v) is 5.32. The maximum atomic E-state index is 12.4. The van der Waals surface area contributed by atoms with Gasteiger partial charge in [-0.3, -0.25) is 4.79 Å². The Bertz CT molecular complexity index is 962. The molecule has 0 aromatic heterocycles. The molecule has 0 saturated heterocycles. The average Bonchev–Trinajstić information content (AvgIpc) is 2.62. The highest BCUT2D eigenvalue weighted by Gasteiger charge is 2.21. The van der Waals surface area contributed by atoms with Crippen molar-refractivity contribution in [3.63, 3.8) is 0 Å². The molecule has 28 heavy (non-hydrogen) atoms. The zero-order valence-corrected chi connectivity index (χ0v) is 17.1. The minimum absolute atomic E-state index is 0.0329. The molecular weight excluding hydrogens is 404 g/mol. The van der Waals surface area contributed by atoms with Crippen LogP contribution >= 0.6 is 11.6 Å². The molecule has 0 aliphatic heterocycles. The Morgan fingerprint density at radius 3 is 2.50 bits per heavy atom. The first kappa shape index (κ1) is 21.9. The maximum absolute atomic E-state index is 12.4. The fraction of sp³-hybridized carbons (Fsp3) is 0.263. The van der Waals surface area contributed by atoms with Crippen LogP contribution in [-0.4, -0.2) is 44.0 Å². The van der Waals surface area contributed by atoms with Crippen molar-refractivity contribution in [2.45, 2.75) is 13.5 Å². The van der Waals surface area contributed by atoms with E-state index in [9.17, 15) is 18.0 Å². The number of anilines is 1. The van der Waals surface area contributed by atoms with Crippen molar-refractivity contribution >= 4 is 39.2 Å². The van der Waals surface area contributed by atoms with Crippen LogP contribution in [0, 0.1) is 0 Å². The van der Waals surface area contributed by atoms with Gasteiger partial charge in [-0.1, -0.05) is 35.9 Å². The number of carbonyl (C=O) groups excluding carboxylic acids is 2. The van der Waals surface area contributed by atoms with Gasteiger partial charge in [0.15, 0.2) is 0 Å². The first-order valence-electron chi connectivity index (χ1n) is 8.46. The van der Waals surface area contributed by atoms with E-state index in [1.807, 2.05) is 0 Å². The molecule has 0 saturated carbocycles. The van der Waals surface area contributed by atoms with Crippen molar-refractivity contribution in [3.8, 4) is 0 Å². The van der Waals surface area contributed by atoms with Crippen LogP contribution in [0.25, 0.3) is 0 Å². The Labute approximate surface area is 169 Å². The van der Waals surface area contributed by atoms with Crippen molar-refractivity contribution in [3.05, 3.63) is 64.7 Å². The molecule has 2 rings (SSSR count). The van der Waals surface area contributed by atoms with E-state index >= 15 is 0 Å². The number of ether oxygens (including phenoxy) is 1. The van der Waals surface area contributed by atoms with Crippen LogP contribution in [0.5, 0.6) is 0 Å². The lowest BCUT2D eigenvalue weighted by Crippen LogP contribution is -2.37. The molecule has 9 heteroatoms. The number of hydrogen-bond acceptors (Lipinski definition) is 5. The number of benzene rings is 2. The molecule has 0 bridgehead atoms. The summed E-state index contributed by atoms with van der Waals surface area (Å²) < 4.78 is 30.1. The molecule has 0 heterocycles. The molecule has 7 nitrogen and oxygen atoms in total. The third kappa shape index (κ3) is 6.33. The number of hydrogen-bond donors (Lipinski definition) is 1. The maximum Gasteiger partial charge on any atom is 0.338 e. The van der Waals surface area contributed by atoms with Crippen LogP contribution in [-0.2, 0) is 26.1 Å². The summed E-state index contributed by atoms with van der Waals surface area (Å²) in [5.41, 5.74) is 1.24. The highest BCUT2D eigenvalue weighted by atomic mass is 35.5. The van der Waals surface area contributed by atoms with E-state index in [-0.39, 0.29) is 18.7 Å². The lowest BCUT2D eigenvalue weighted by Gasteiger charge is -2.20. The van der Waals surface area contributed by atoms with Crippen molar-refractivity contribution < 1.29 is 22.7 Å². The lowest BCUT2D eigenvalue weighted by molar-refractivity contribution is -0.116. The van der Waals surface area contributed by atoms with E-state index in [2.05, 4.69) is 5.32 Å². The molecule has 0 radical (unpaired) electrons. The average molecular weight is 425 g/mol. The summed E-state index contributed by atoms with van der Waals surface area (Å²) in [5.74, 6) is -1.05. The quantitative estimate of drug-likeness (QED) is 0.657. The van der Waals surface area contributed by atoms with Crippen LogP contribution in [0.15, 0.2) is 48.5 Å². The number of esters is 1. The molecule has 150 valence electrons. The number of nitrogens with zero attached hydrogens (tertiary/aromatic N) is 1. The fourth-order valence-electron chi connectivity index (χ4n) is 2.41. The molecule has 2 aromatic carbocycles. The number of nitrogens with one attached hydrogen (secondary N) is 1. The third-order valence-electron chi connectivity index (χ3n) is 3.75. The summed E-state index contributed by atoms with van der Waals surface area (Å²) in [6.45, 7) is 1.51. The number of sulfonamides is 1. The summed E-state index contributed by atoms with van der Waals surface area (Å²) >= 11 is 6.09. The number of rotatable bonds is 8. The standard InChI is InChI=1S/C19H21ClN2O5S/c1-3-27-19(24)14-8-6-9-16(11-14)21-18(23)13-22(28(2,25)26)12-15-7-4-5-10-17(15)20/h4-11H,3,12-13H2,1-2H3,(H,21,23). The first-order valence-corrected chi connectivity index (χ1v) is 10.7. The van der Waals surface area contributed by atoms with E-state index in [1.165, 1.54) is 6.07 Å². The summed E-state index contributed by atoms with van der Waals surface area (Å²) in [4.78, 5) is 24.2. The van der Waals surface area contributed by atoms with Crippen LogP contribution in [0.2, 0.25) is 5.02 Å². The van der Waals surface area contributed by atoms with Gasteiger partial charge in [-0.2, -0.15) is 4.31 Å². The van der Waals surface area contributed by atoms with E-state index in [0.717, 1.165) is 10.6 Å². The minimum atomic E-state index is -3.66. The molecular formula is C19H21ClN2O5S. The van der Waals surface area contributed by atoms with Crippen molar-refractivity contribution in [1.82, 2.24) is 4.31 Å². The summed E-state index contributed by atoms with van der Waals surface area (Å²) in [6.07, 6.45) is 1.03.